The zero-order chi connectivity index (χ0) is 27.9. The highest BCUT2D eigenvalue weighted by Gasteiger charge is 2.20. The molecule has 0 heterocycles. The lowest BCUT2D eigenvalue weighted by molar-refractivity contribution is 0.0610. The Morgan fingerprint density at radius 1 is 0.590 bits per heavy atom. The second-order valence-corrected chi connectivity index (χ2v) is 11.8. The molecule has 1 unspecified atom stereocenters. The maximum absolute atomic E-state index is 12.0. The molecule has 0 radical (unpaired) electrons. The predicted molar refractivity (Wildman–Crippen MR) is 162 cm³/mol. The van der Waals surface area contributed by atoms with Crippen LogP contribution in [-0.4, -0.2) is 37.9 Å². The summed E-state index contributed by atoms with van der Waals surface area (Å²) in [6, 6.07) is 14.0. The maximum Gasteiger partial charge on any atom is 0.472 e. The van der Waals surface area contributed by atoms with Gasteiger partial charge in [0.1, 0.15) is 12.4 Å². The first kappa shape index (κ1) is 33.8. The minimum atomic E-state index is -4.02. The molecule has 1 N–H and O–H groups in total. The average Bonchev–Trinajstić information content (AvgIpc) is 2.94. The molecule has 0 aromatic heterocycles. The van der Waals surface area contributed by atoms with Gasteiger partial charge in [0.25, 0.3) is 0 Å². The van der Waals surface area contributed by atoms with E-state index in [1.54, 1.807) is 0 Å². The van der Waals surface area contributed by atoms with Gasteiger partial charge in [-0.2, -0.15) is 0 Å². The van der Waals surface area contributed by atoms with E-state index in [9.17, 15) is 9.46 Å². The lowest BCUT2D eigenvalue weighted by Crippen LogP contribution is -2.11. The molecular formula is C32H53O6P. The first-order chi connectivity index (χ1) is 19.1. The first-order valence-electron chi connectivity index (χ1n) is 15.4. The van der Waals surface area contributed by atoms with E-state index < -0.39 is 7.82 Å². The van der Waals surface area contributed by atoms with Crippen LogP contribution in [0.2, 0.25) is 0 Å². The molecule has 0 spiro atoms. The Labute approximate surface area is 237 Å². The van der Waals surface area contributed by atoms with Crippen molar-refractivity contribution in [3.8, 4) is 5.75 Å². The van der Waals surface area contributed by atoms with E-state index in [1.165, 1.54) is 83.5 Å². The highest BCUT2D eigenvalue weighted by Crippen LogP contribution is 2.43. The fraction of sp³-hybridized carbons (Fsp3) is 0.688. The van der Waals surface area contributed by atoms with Crippen LogP contribution in [0.4, 0.5) is 0 Å². The van der Waals surface area contributed by atoms with Crippen LogP contribution in [0.15, 0.2) is 42.5 Å². The summed E-state index contributed by atoms with van der Waals surface area (Å²) >= 11 is 0. The molecule has 2 aromatic rings. The second-order valence-electron chi connectivity index (χ2n) is 10.4. The number of benzene rings is 2. The van der Waals surface area contributed by atoms with Crippen LogP contribution in [0.5, 0.6) is 5.75 Å². The highest BCUT2D eigenvalue weighted by atomic mass is 31.2. The van der Waals surface area contributed by atoms with Crippen molar-refractivity contribution < 1.29 is 28.0 Å². The Bertz CT molecular complexity index is 900. The molecule has 0 aliphatic carbocycles. The molecule has 6 nitrogen and oxygen atoms in total. The molecule has 0 saturated heterocycles. The molecule has 0 bridgehead atoms. The number of hydrogen-bond acceptors (Lipinski definition) is 5. The highest BCUT2D eigenvalue weighted by molar-refractivity contribution is 7.47. The third kappa shape index (κ3) is 17.1. The monoisotopic (exact) mass is 564 g/mol. The minimum absolute atomic E-state index is 0.000996. The predicted octanol–water partition coefficient (Wildman–Crippen LogP) is 9.63. The van der Waals surface area contributed by atoms with E-state index in [1.807, 2.05) is 42.5 Å². The Balaban J connectivity index is 1.33. The molecule has 0 saturated carbocycles. The number of unbranched alkanes of at least 4 members (excludes halogenated alkanes) is 15. The van der Waals surface area contributed by atoms with Crippen molar-refractivity contribution in [3.63, 3.8) is 0 Å². The van der Waals surface area contributed by atoms with Gasteiger partial charge in [-0.3, -0.25) is 9.05 Å². The third-order valence-corrected chi connectivity index (χ3v) is 7.99. The van der Waals surface area contributed by atoms with E-state index in [0.717, 1.165) is 35.8 Å². The molecule has 39 heavy (non-hydrogen) atoms. The quantitative estimate of drug-likeness (QED) is 0.0906. The number of fused-ring (bicyclic) bond motifs is 1. The van der Waals surface area contributed by atoms with Gasteiger partial charge in [-0.25, -0.2) is 4.57 Å². The van der Waals surface area contributed by atoms with Crippen LogP contribution >= 0.6 is 7.82 Å². The SMILES string of the molecule is CCCCCCCCCCCCCCCCCCOP(=O)(O)OCCOCCOc1cccc2ccccc12. The van der Waals surface area contributed by atoms with E-state index in [4.69, 9.17) is 18.5 Å². The smallest absolute Gasteiger partial charge is 0.472 e. The summed E-state index contributed by atoms with van der Waals surface area (Å²) in [5, 5.41) is 2.19. The number of phosphoric acid groups is 1. The van der Waals surface area contributed by atoms with E-state index >= 15 is 0 Å². The number of rotatable bonds is 26. The van der Waals surface area contributed by atoms with Gasteiger partial charge in [0.15, 0.2) is 0 Å². The first-order valence-corrected chi connectivity index (χ1v) is 16.9. The van der Waals surface area contributed by atoms with Crippen LogP contribution in [-0.2, 0) is 18.3 Å². The normalized spacial score (nSPS) is 13.1. The van der Waals surface area contributed by atoms with Gasteiger partial charge in [0.05, 0.1) is 26.4 Å². The lowest BCUT2D eigenvalue weighted by atomic mass is 10.0. The second kappa shape index (κ2) is 22.3. The summed E-state index contributed by atoms with van der Waals surface area (Å²) in [5.74, 6) is 0.815. The zero-order valence-electron chi connectivity index (χ0n) is 24.3. The minimum Gasteiger partial charge on any atom is -0.491 e. The van der Waals surface area contributed by atoms with Gasteiger partial charge in [0, 0.05) is 5.39 Å². The summed E-state index contributed by atoms with van der Waals surface area (Å²) < 4.78 is 33.4. The molecule has 2 rings (SSSR count). The molecule has 2 aromatic carbocycles. The van der Waals surface area contributed by atoms with Gasteiger partial charge in [-0.1, -0.05) is 140 Å². The van der Waals surface area contributed by atoms with Gasteiger partial charge < -0.3 is 14.4 Å². The van der Waals surface area contributed by atoms with Crippen molar-refractivity contribution in [2.45, 2.75) is 110 Å². The zero-order valence-corrected chi connectivity index (χ0v) is 25.2. The summed E-state index contributed by atoms with van der Waals surface area (Å²) in [6.45, 7) is 3.47. The van der Waals surface area contributed by atoms with Crippen molar-refractivity contribution >= 4 is 18.6 Å². The molecule has 222 valence electrons. The fourth-order valence-electron chi connectivity index (χ4n) is 4.71. The van der Waals surface area contributed by atoms with Crippen LogP contribution in [0.25, 0.3) is 10.8 Å². The summed E-state index contributed by atoms with van der Waals surface area (Å²) in [5.41, 5.74) is 0. The number of phosphoric ester groups is 1. The Morgan fingerprint density at radius 3 is 1.74 bits per heavy atom. The van der Waals surface area contributed by atoms with Crippen LogP contribution in [0, 0.1) is 0 Å². The number of hydrogen-bond donors (Lipinski definition) is 1. The van der Waals surface area contributed by atoms with E-state index in [0.29, 0.717) is 13.2 Å². The third-order valence-electron chi connectivity index (χ3n) is 6.97. The van der Waals surface area contributed by atoms with Crippen LogP contribution < -0.4 is 4.74 Å². The molecular weight excluding hydrogens is 511 g/mol. The Hall–Kier alpha value is -1.43. The largest absolute Gasteiger partial charge is 0.491 e. The van der Waals surface area contributed by atoms with Crippen LogP contribution in [0.1, 0.15) is 110 Å². The molecule has 7 heteroatoms. The van der Waals surface area contributed by atoms with Crippen molar-refractivity contribution in [2.24, 2.45) is 0 Å². The summed E-state index contributed by atoms with van der Waals surface area (Å²) in [6.07, 6.45) is 20.7. The molecule has 0 aliphatic rings. The number of ether oxygens (including phenoxy) is 2. The molecule has 0 amide bonds. The van der Waals surface area contributed by atoms with Crippen molar-refractivity contribution in [1.29, 1.82) is 0 Å². The van der Waals surface area contributed by atoms with Crippen LogP contribution in [0.3, 0.4) is 0 Å². The molecule has 0 aliphatic heterocycles. The average molecular weight is 565 g/mol. The van der Waals surface area contributed by atoms with E-state index in [2.05, 4.69) is 6.92 Å². The van der Waals surface area contributed by atoms with Crippen molar-refractivity contribution in [2.75, 3.05) is 33.0 Å². The van der Waals surface area contributed by atoms with Gasteiger partial charge in [-0.15, -0.1) is 0 Å². The molecule has 0 fully saturated rings. The maximum atomic E-state index is 12.0. The lowest BCUT2D eigenvalue weighted by Gasteiger charge is -2.13. The standard InChI is InChI=1S/C32H53O6P/c1-2-3-4-5-6-7-8-9-10-11-12-13-14-15-16-19-25-37-39(33,34)38-29-27-35-26-28-36-32-24-20-22-30-21-17-18-23-31(30)32/h17-18,20-24H,2-16,19,25-29H2,1H3,(H,33,34). The Morgan fingerprint density at radius 2 is 1.10 bits per heavy atom. The van der Waals surface area contributed by atoms with Gasteiger partial charge >= 0.3 is 7.82 Å². The topological polar surface area (TPSA) is 74.2 Å². The van der Waals surface area contributed by atoms with Gasteiger partial charge in [0.2, 0.25) is 0 Å². The molecule has 1 atom stereocenters. The van der Waals surface area contributed by atoms with Gasteiger partial charge in [-0.05, 0) is 17.9 Å². The van der Waals surface area contributed by atoms with Crippen molar-refractivity contribution in [1.82, 2.24) is 0 Å². The summed E-state index contributed by atoms with van der Waals surface area (Å²) in [4.78, 5) is 9.82. The summed E-state index contributed by atoms with van der Waals surface area (Å²) in [7, 11) is -4.02. The van der Waals surface area contributed by atoms with Crippen molar-refractivity contribution in [3.05, 3.63) is 42.5 Å². The Kier molecular flexibility index (Phi) is 19.3. The fourth-order valence-corrected chi connectivity index (χ4v) is 5.45. The van der Waals surface area contributed by atoms with E-state index in [-0.39, 0.29) is 19.8 Å².